The first-order chi connectivity index (χ1) is 20.4. The Morgan fingerprint density at radius 2 is 1.50 bits per heavy atom. The van der Waals surface area contributed by atoms with E-state index in [0.717, 1.165) is 5.56 Å². The van der Waals surface area contributed by atoms with Crippen molar-refractivity contribution in [2.24, 2.45) is 0 Å². The number of para-hydroxylation sites is 1. The number of rotatable bonds is 14. The van der Waals surface area contributed by atoms with Crippen LogP contribution in [0.1, 0.15) is 31.9 Å². The molecule has 1 aliphatic rings. The van der Waals surface area contributed by atoms with E-state index in [1.807, 2.05) is 57.2 Å². The molecule has 0 radical (unpaired) electrons. The molecule has 2 N–H and O–H groups in total. The van der Waals surface area contributed by atoms with Gasteiger partial charge < -0.3 is 29.6 Å². The van der Waals surface area contributed by atoms with Crippen LogP contribution in [0, 0.1) is 0 Å². The van der Waals surface area contributed by atoms with E-state index in [0.29, 0.717) is 77.8 Å². The summed E-state index contributed by atoms with van der Waals surface area (Å²) in [4.78, 5) is 27.1. The third-order valence-electron chi connectivity index (χ3n) is 6.19. The lowest BCUT2D eigenvalue weighted by molar-refractivity contribution is -0.122. The molecule has 1 saturated heterocycles. The number of amides is 2. The topological polar surface area (TPSA) is 98.4 Å². The van der Waals surface area contributed by atoms with Crippen molar-refractivity contribution in [1.82, 2.24) is 10.2 Å². The van der Waals surface area contributed by atoms with Gasteiger partial charge in [0.25, 0.3) is 11.8 Å². The minimum absolute atomic E-state index is 0.181. The van der Waals surface area contributed by atoms with Crippen molar-refractivity contribution in [3.63, 3.8) is 0 Å². The van der Waals surface area contributed by atoms with E-state index in [2.05, 4.69) is 10.6 Å². The van der Waals surface area contributed by atoms with E-state index in [-0.39, 0.29) is 18.4 Å². The summed E-state index contributed by atoms with van der Waals surface area (Å²) in [6.07, 6.45) is 2.30. The van der Waals surface area contributed by atoms with Gasteiger partial charge in [0.2, 0.25) is 0 Å². The normalized spacial score (nSPS) is 13.6. The van der Waals surface area contributed by atoms with Crippen LogP contribution in [-0.4, -0.2) is 54.8 Å². The van der Waals surface area contributed by atoms with E-state index in [9.17, 15) is 9.59 Å². The molecule has 2 amide bonds. The molecule has 10 heteroatoms. The second kappa shape index (κ2) is 14.9. The van der Waals surface area contributed by atoms with E-state index in [1.54, 1.807) is 41.3 Å². The molecule has 0 aliphatic carbocycles. The summed E-state index contributed by atoms with van der Waals surface area (Å²) >= 11 is 5.47. The molecule has 0 unspecified atom stereocenters. The highest BCUT2D eigenvalue weighted by atomic mass is 32.1. The molecule has 0 saturated carbocycles. The lowest BCUT2D eigenvalue weighted by atomic mass is 10.1. The molecule has 0 bridgehead atoms. The van der Waals surface area contributed by atoms with Crippen molar-refractivity contribution >= 4 is 40.9 Å². The van der Waals surface area contributed by atoms with E-state index < -0.39 is 0 Å². The molecule has 0 spiro atoms. The van der Waals surface area contributed by atoms with E-state index in [1.165, 1.54) is 0 Å². The molecule has 0 aromatic heterocycles. The first-order valence-electron chi connectivity index (χ1n) is 13.9. The zero-order valence-electron chi connectivity index (χ0n) is 24.0. The van der Waals surface area contributed by atoms with Crippen LogP contribution in [-0.2, 0) is 16.0 Å². The molecule has 42 heavy (non-hydrogen) atoms. The van der Waals surface area contributed by atoms with Gasteiger partial charge in [0.05, 0.1) is 19.8 Å². The second-order valence-corrected chi connectivity index (χ2v) is 9.57. The van der Waals surface area contributed by atoms with Gasteiger partial charge >= 0.3 is 0 Å². The summed E-state index contributed by atoms with van der Waals surface area (Å²) < 4.78 is 22.9. The lowest BCUT2D eigenvalue weighted by Crippen LogP contribution is -2.32. The Morgan fingerprint density at radius 3 is 2.21 bits per heavy atom. The number of hydrogen-bond donors (Lipinski definition) is 2. The van der Waals surface area contributed by atoms with Crippen molar-refractivity contribution in [1.29, 1.82) is 0 Å². The lowest BCUT2D eigenvalue weighted by Gasteiger charge is -2.16. The van der Waals surface area contributed by atoms with Crippen LogP contribution in [0.5, 0.6) is 23.0 Å². The Balaban J connectivity index is 1.40. The van der Waals surface area contributed by atoms with Crippen LogP contribution in [0.25, 0.3) is 6.08 Å². The Labute approximate surface area is 251 Å². The molecule has 3 aromatic rings. The highest BCUT2D eigenvalue weighted by Gasteiger charge is 2.30. The Morgan fingerprint density at radius 1 is 0.857 bits per heavy atom. The monoisotopic (exact) mass is 589 g/mol. The molecular formula is C32H35N3O6S. The number of carbonyl (C=O) groups is 2. The third-order valence-corrected chi connectivity index (χ3v) is 6.51. The van der Waals surface area contributed by atoms with Gasteiger partial charge in [-0.05, 0) is 93.0 Å². The fraction of sp³-hybridized carbons (Fsp3) is 0.281. The van der Waals surface area contributed by atoms with Gasteiger partial charge in [-0.3, -0.25) is 14.5 Å². The Kier molecular flexibility index (Phi) is 10.8. The van der Waals surface area contributed by atoms with Crippen LogP contribution < -0.4 is 29.6 Å². The second-order valence-electron chi connectivity index (χ2n) is 9.18. The zero-order chi connectivity index (χ0) is 29.9. The Bertz CT molecular complexity index is 1440. The maximum absolute atomic E-state index is 13.2. The van der Waals surface area contributed by atoms with Crippen molar-refractivity contribution in [2.75, 3.05) is 38.3 Å². The summed E-state index contributed by atoms with van der Waals surface area (Å²) in [7, 11) is 0. The van der Waals surface area contributed by atoms with Crippen molar-refractivity contribution in [3.8, 4) is 23.0 Å². The average Bonchev–Trinajstić information content (AvgIpc) is 3.25. The SMILES string of the molecule is CCOc1ccc(CCN2C(=O)/C(=C\c3ccc(OCC(=O)Nc4ccccc4)c(OCC)c3)NC2=S)cc1OCC. The van der Waals surface area contributed by atoms with Gasteiger partial charge in [-0.2, -0.15) is 0 Å². The number of benzene rings is 3. The summed E-state index contributed by atoms with van der Waals surface area (Å²) in [5.74, 6) is 1.76. The minimum Gasteiger partial charge on any atom is -0.490 e. The van der Waals surface area contributed by atoms with Gasteiger partial charge in [0.1, 0.15) is 5.70 Å². The smallest absolute Gasteiger partial charge is 0.276 e. The molecule has 1 fully saturated rings. The van der Waals surface area contributed by atoms with E-state index in [4.69, 9.17) is 31.2 Å². The number of nitrogens with one attached hydrogen (secondary N) is 2. The molecule has 4 rings (SSSR count). The highest BCUT2D eigenvalue weighted by molar-refractivity contribution is 7.80. The first kappa shape index (κ1) is 30.4. The van der Waals surface area contributed by atoms with Crippen LogP contribution in [0.15, 0.2) is 72.4 Å². The maximum atomic E-state index is 13.2. The number of carbonyl (C=O) groups excluding carboxylic acids is 2. The molecule has 1 aliphatic heterocycles. The summed E-state index contributed by atoms with van der Waals surface area (Å²) in [5, 5.41) is 6.15. The van der Waals surface area contributed by atoms with Gasteiger partial charge in [0, 0.05) is 12.2 Å². The fourth-order valence-corrected chi connectivity index (χ4v) is 4.58. The number of ether oxygens (including phenoxy) is 4. The fourth-order valence-electron chi connectivity index (χ4n) is 4.30. The molecule has 9 nitrogen and oxygen atoms in total. The van der Waals surface area contributed by atoms with Crippen LogP contribution in [0.2, 0.25) is 0 Å². The third kappa shape index (κ3) is 8.01. The predicted octanol–water partition coefficient (Wildman–Crippen LogP) is 5.20. The van der Waals surface area contributed by atoms with Crippen molar-refractivity contribution in [3.05, 3.63) is 83.6 Å². The average molecular weight is 590 g/mol. The van der Waals surface area contributed by atoms with Crippen molar-refractivity contribution in [2.45, 2.75) is 27.2 Å². The van der Waals surface area contributed by atoms with Gasteiger partial charge in [-0.1, -0.05) is 30.3 Å². The maximum Gasteiger partial charge on any atom is 0.276 e. The van der Waals surface area contributed by atoms with Crippen LogP contribution in [0.4, 0.5) is 5.69 Å². The molecule has 3 aromatic carbocycles. The summed E-state index contributed by atoms with van der Waals surface area (Å²) in [6.45, 7) is 7.41. The molecule has 220 valence electrons. The molecule has 1 heterocycles. The van der Waals surface area contributed by atoms with Crippen LogP contribution >= 0.6 is 12.2 Å². The highest BCUT2D eigenvalue weighted by Crippen LogP contribution is 2.31. The Hall–Kier alpha value is -4.57. The number of anilines is 1. The zero-order valence-corrected chi connectivity index (χ0v) is 24.8. The minimum atomic E-state index is -0.288. The van der Waals surface area contributed by atoms with Crippen molar-refractivity contribution < 1.29 is 28.5 Å². The summed E-state index contributed by atoms with van der Waals surface area (Å²) in [5.41, 5.74) is 2.77. The molecule has 0 atom stereocenters. The summed E-state index contributed by atoms with van der Waals surface area (Å²) in [6, 6.07) is 20.2. The predicted molar refractivity (Wildman–Crippen MR) is 166 cm³/mol. The van der Waals surface area contributed by atoms with Gasteiger partial charge in [-0.25, -0.2) is 0 Å². The quantitative estimate of drug-likeness (QED) is 0.196. The first-order valence-corrected chi connectivity index (χ1v) is 14.3. The van der Waals surface area contributed by atoms with E-state index >= 15 is 0 Å². The number of hydrogen-bond acceptors (Lipinski definition) is 7. The largest absolute Gasteiger partial charge is 0.490 e. The standard InChI is InChI=1S/C32H35N3O6S/c1-4-38-26-14-12-22(19-28(26)39-5-2)16-17-35-31(37)25(34-32(35)42)18-23-13-15-27(29(20-23)40-6-3)41-21-30(36)33-24-10-8-7-9-11-24/h7-15,18-20H,4-6,16-17,21H2,1-3H3,(H,33,36)(H,34,42)/b25-18+. The molecular weight excluding hydrogens is 554 g/mol. The number of thiocarbonyl (C=S) groups is 1. The van der Waals surface area contributed by atoms with Gasteiger partial charge in [-0.15, -0.1) is 0 Å². The number of nitrogens with zero attached hydrogens (tertiary/aromatic N) is 1. The van der Waals surface area contributed by atoms with Gasteiger partial charge in [0.15, 0.2) is 34.7 Å². The van der Waals surface area contributed by atoms with Crippen LogP contribution in [0.3, 0.4) is 0 Å².